The Morgan fingerprint density at radius 3 is 2.75 bits per heavy atom. The lowest BCUT2D eigenvalue weighted by Gasteiger charge is -2.08. The fourth-order valence-corrected chi connectivity index (χ4v) is 2.17. The van der Waals surface area contributed by atoms with Crippen LogP contribution in [0.1, 0.15) is 17.2 Å². The van der Waals surface area contributed by atoms with Crippen LogP contribution in [0.25, 0.3) is 10.9 Å². The molecule has 0 bridgehead atoms. The van der Waals surface area contributed by atoms with E-state index in [2.05, 4.69) is 16.4 Å². The van der Waals surface area contributed by atoms with E-state index in [-0.39, 0.29) is 6.61 Å². The van der Waals surface area contributed by atoms with Crippen molar-refractivity contribution in [3.8, 4) is 0 Å². The van der Waals surface area contributed by atoms with Crippen LogP contribution in [0.15, 0.2) is 46.9 Å². The molecule has 0 saturated heterocycles. The normalized spacial score (nSPS) is 10.9. The molecule has 0 radical (unpaired) electrons. The fourth-order valence-electron chi connectivity index (χ4n) is 2.17. The lowest BCUT2D eigenvalue weighted by molar-refractivity contribution is 0.244. The van der Waals surface area contributed by atoms with Gasteiger partial charge in [-0.15, -0.1) is 0 Å². The van der Waals surface area contributed by atoms with Crippen molar-refractivity contribution >= 4 is 16.6 Å². The van der Waals surface area contributed by atoms with E-state index in [9.17, 15) is 0 Å². The van der Waals surface area contributed by atoms with Crippen LogP contribution in [0.4, 0.5) is 5.69 Å². The second-order valence-electron chi connectivity index (χ2n) is 4.71. The first-order chi connectivity index (χ1) is 9.76. The highest BCUT2D eigenvalue weighted by Crippen LogP contribution is 2.22. The second kappa shape index (κ2) is 5.35. The SMILES string of the molecule is Cc1ccc2cccc(NCc3ccc(CO)o3)c2n1. The largest absolute Gasteiger partial charge is 0.462 e. The van der Waals surface area contributed by atoms with E-state index in [1.807, 2.05) is 37.3 Å². The summed E-state index contributed by atoms with van der Waals surface area (Å²) in [5.41, 5.74) is 2.93. The number of nitrogens with zero attached hydrogens (tertiary/aromatic N) is 1. The Morgan fingerprint density at radius 1 is 1.10 bits per heavy atom. The first-order valence-corrected chi connectivity index (χ1v) is 6.55. The Balaban J connectivity index is 1.85. The summed E-state index contributed by atoms with van der Waals surface area (Å²) in [5, 5.41) is 13.4. The third-order valence-corrected chi connectivity index (χ3v) is 3.19. The average Bonchev–Trinajstić information content (AvgIpc) is 2.93. The molecule has 0 amide bonds. The van der Waals surface area contributed by atoms with Crippen LogP contribution in [0, 0.1) is 6.92 Å². The van der Waals surface area contributed by atoms with Gasteiger partial charge in [-0.05, 0) is 31.2 Å². The molecule has 3 rings (SSSR count). The smallest absolute Gasteiger partial charge is 0.129 e. The van der Waals surface area contributed by atoms with Gasteiger partial charge in [0.1, 0.15) is 18.1 Å². The van der Waals surface area contributed by atoms with Gasteiger partial charge in [-0.3, -0.25) is 4.98 Å². The molecule has 20 heavy (non-hydrogen) atoms. The molecule has 4 heteroatoms. The number of para-hydroxylation sites is 1. The van der Waals surface area contributed by atoms with Crippen molar-refractivity contribution in [3.63, 3.8) is 0 Å². The molecule has 4 nitrogen and oxygen atoms in total. The number of aryl methyl sites for hydroxylation is 1. The van der Waals surface area contributed by atoms with Crippen molar-refractivity contribution in [2.75, 3.05) is 5.32 Å². The summed E-state index contributed by atoms with van der Waals surface area (Å²) in [6.07, 6.45) is 0. The first kappa shape index (κ1) is 12.7. The van der Waals surface area contributed by atoms with Crippen LogP contribution < -0.4 is 5.32 Å². The number of pyridine rings is 1. The van der Waals surface area contributed by atoms with Gasteiger partial charge >= 0.3 is 0 Å². The Labute approximate surface area is 117 Å². The lowest BCUT2D eigenvalue weighted by Crippen LogP contribution is -2.00. The number of benzene rings is 1. The summed E-state index contributed by atoms with van der Waals surface area (Å²) in [6, 6.07) is 13.8. The van der Waals surface area contributed by atoms with Gasteiger partial charge in [0.2, 0.25) is 0 Å². The van der Waals surface area contributed by atoms with Gasteiger partial charge in [0, 0.05) is 11.1 Å². The number of hydrogen-bond acceptors (Lipinski definition) is 4. The third-order valence-electron chi connectivity index (χ3n) is 3.19. The molecular formula is C16H16N2O2. The van der Waals surface area contributed by atoms with E-state index < -0.39 is 0 Å². The van der Waals surface area contributed by atoms with E-state index >= 15 is 0 Å². The van der Waals surface area contributed by atoms with E-state index in [0.717, 1.165) is 28.0 Å². The van der Waals surface area contributed by atoms with Crippen LogP contribution >= 0.6 is 0 Å². The van der Waals surface area contributed by atoms with Gasteiger partial charge in [0.15, 0.2) is 0 Å². The Morgan fingerprint density at radius 2 is 1.95 bits per heavy atom. The van der Waals surface area contributed by atoms with Gasteiger partial charge < -0.3 is 14.8 Å². The summed E-state index contributed by atoms with van der Waals surface area (Å²) in [7, 11) is 0. The lowest BCUT2D eigenvalue weighted by atomic mass is 10.1. The number of nitrogens with one attached hydrogen (secondary N) is 1. The molecule has 2 N–H and O–H groups in total. The highest BCUT2D eigenvalue weighted by Gasteiger charge is 2.05. The van der Waals surface area contributed by atoms with E-state index in [0.29, 0.717) is 12.3 Å². The minimum Gasteiger partial charge on any atom is -0.462 e. The van der Waals surface area contributed by atoms with Crippen molar-refractivity contribution in [2.24, 2.45) is 0 Å². The highest BCUT2D eigenvalue weighted by atomic mass is 16.4. The topological polar surface area (TPSA) is 58.3 Å². The number of anilines is 1. The van der Waals surface area contributed by atoms with Crippen LogP contribution in [0.3, 0.4) is 0 Å². The molecule has 1 aromatic carbocycles. The van der Waals surface area contributed by atoms with Crippen molar-refractivity contribution in [1.29, 1.82) is 0 Å². The van der Waals surface area contributed by atoms with E-state index in [1.165, 1.54) is 0 Å². The highest BCUT2D eigenvalue weighted by molar-refractivity contribution is 5.90. The molecule has 102 valence electrons. The van der Waals surface area contributed by atoms with Gasteiger partial charge in [-0.1, -0.05) is 18.2 Å². The Bertz CT molecular complexity index is 734. The maximum Gasteiger partial charge on any atom is 0.129 e. The van der Waals surface area contributed by atoms with Crippen molar-refractivity contribution in [2.45, 2.75) is 20.1 Å². The summed E-state index contributed by atoms with van der Waals surface area (Å²) in [5.74, 6) is 1.37. The number of aliphatic hydroxyl groups is 1. The third kappa shape index (κ3) is 2.51. The Kier molecular flexibility index (Phi) is 3.39. The summed E-state index contributed by atoms with van der Waals surface area (Å²) < 4.78 is 5.46. The van der Waals surface area contributed by atoms with E-state index in [1.54, 1.807) is 6.07 Å². The molecule has 2 heterocycles. The van der Waals surface area contributed by atoms with Crippen molar-refractivity contribution < 1.29 is 9.52 Å². The minimum atomic E-state index is -0.0744. The molecule has 0 aliphatic heterocycles. The minimum absolute atomic E-state index is 0.0744. The van der Waals surface area contributed by atoms with Crippen LogP contribution in [-0.4, -0.2) is 10.1 Å². The molecule has 0 saturated carbocycles. The zero-order chi connectivity index (χ0) is 13.9. The van der Waals surface area contributed by atoms with Gasteiger partial charge in [-0.25, -0.2) is 0 Å². The number of aromatic nitrogens is 1. The molecule has 0 unspecified atom stereocenters. The summed E-state index contributed by atoms with van der Waals surface area (Å²) in [6.45, 7) is 2.47. The molecule has 0 aliphatic carbocycles. The van der Waals surface area contributed by atoms with Crippen molar-refractivity contribution in [3.05, 3.63) is 59.7 Å². The van der Waals surface area contributed by atoms with E-state index in [4.69, 9.17) is 9.52 Å². The van der Waals surface area contributed by atoms with Crippen LogP contribution in [0.2, 0.25) is 0 Å². The average molecular weight is 268 g/mol. The molecule has 2 aromatic heterocycles. The predicted molar refractivity (Wildman–Crippen MR) is 78.4 cm³/mol. The molecule has 3 aromatic rings. The van der Waals surface area contributed by atoms with Gasteiger partial charge in [0.25, 0.3) is 0 Å². The van der Waals surface area contributed by atoms with Crippen LogP contribution in [0.5, 0.6) is 0 Å². The fraction of sp³-hybridized carbons (Fsp3) is 0.188. The molecule has 0 spiro atoms. The molecular weight excluding hydrogens is 252 g/mol. The zero-order valence-corrected chi connectivity index (χ0v) is 11.3. The van der Waals surface area contributed by atoms with Gasteiger partial charge in [0.05, 0.1) is 17.7 Å². The summed E-state index contributed by atoms with van der Waals surface area (Å²) >= 11 is 0. The monoisotopic (exact) mass is 268 g/mol. The van der Waals surface area contributed by atoms with Crippen LogP contribution in [-0.2, 0) is 13.2 Å². The summed E-state index contributed by atoms with van der Waals surface area (Å²) in [4.78, 5) is 4.58. The molecule has 0 fully saturated rings. The molecule has 0 atom stereocenters. The number of rotatable bonds is 4. The number of aliphatic hydroxyl groups excluding tert-OH is 1. The Hall–Kier alpha value is -2.33. The van der Waals surface area contributed by atoms with Gasteiger partial charge in [-0.2, -0.15) is 0 Å². The maximum absolute atomic E-state index is 8.98. The maximum atomic E-state index is 8.98. The predicted octanol–water partition coefficient (Wildman–Crippen LogP) is 3.24. The first-order valence-electron chi connectivity index (χ1n) is 6.55. The number of furan rings is 1. The quantitative estimate of drug-likeness (QED) is 0.762. The second-order valence-corrected chi connectivity index (χ2v) is 4.71. The van der Waals surface area contributed by atoms with Crippen molar-refractivity contribution in [1.82, 2.24) is 4.98 Å². The number of fused-ring (bicyclic) bond motifs is 1. The zero-order valence-electron chi connectivity index (χ0n) is 11.3. The molecule has 0 aliphatic rings. The standard InChI is InChI=1S/C16H16N2O2/c1-11-5-6-12-3-2-4-15(16(12)18-11)17-9-13-7-8-14(10-19)20-13/h2-8,17,19H,9-10H2,1H3. The number of hydrogen-bond donors (Lipinski definition) is 2.